The van der Waals surface area contributed by atoms with Gasteiger partial charge in [0.1, 0.15) is 6.04 Å². The number of hydrogen-bond acceptors (Lipinski definition) is 2. The van der Waals surface area contributed by atoms with Gasteiger partial charge in [-0.05, 0) is 60.4 Å². The zero-order valence-corrected chi connectivity index (χ0v) is 16.4. The van der Waals surface area contributed by atoms with Crippen molar-refractivity contribution in [3.63, 3.8) is 0 Å². The van der Waals surface area contributed by atoms with Crippen molar-refractivity contribution in [1.29, 1.82) is 0 Å². The quantitative estimate of drug-likeness (QED) is 0.582. The summed E-state index contributed by atoms with van der Waals surface area (Å²) in [6.07, 6.45) is -2.46. The summed E-state index contributed by atoms with van der Waals surface area (Å²) in [4.78, 5) is 2.06. The van der Waals surface area contributed by atoms with Gasteiger partial charge >= 0.3 is 6.18 Å². The zero-order valence-electron chi connectivity index (χ0n) is 14.9. The van der Waals surface area contributed by atoms with Gasteiger partial charge in [0.2, 0.25) is 0 Å². The molecule has 2 nitrogen and oxygen atoms in total. The van der Waals surface area contributed by atoms with E-state index in [4.69, 9.17) is 23.2 Å². The minimum absolute atomic E-state index is 0.113. The summed E-state index contributed by atoms with van der Waals surface area (Å²) in [5.41, 5.74) is 3.11. The molecule has 144 valence electrons. The molecule has 1 heterocycles. The van der Waals surface area contributed by atoms with E-state index in [1.807, 2.05) is 13.1 Å². The third-order valence-corrected chi connectivity index (χ3v) is 5.22. The van der Waals surface area contributed by atoms with E-state index in [-0.39, 0.29) is 5.56 Å². The van der Waals surface area contributed by atoms with Crippen molar-refractivity contribution in [1.82, 2.24) is 4.90 Å². The minimum atomic E-state index is -4.46. The lowest BCUT2D eigenvalue weighted by atomic mass is 10.0. The second-order valence-electron chi connectivity index (χ2n) is 6.81. The van der Waals surface area contributed by atoms with E-state index in [1.54, 1.807) is 25.1 Å². The van der Waals surface area contributed by atoms with Gasteiger partial charge in [-0.15, -0.1) is 0 Å². The highest BCUT2D eigenvalue weighted by molar-refractivity contribution is 6.31. The van der Waals surface area contributed by atoms with Gasteiger partial charge in [0, 0.05) is 35.0 Å². The highest BCUT2D eigenvalue weighted by Crippen LogP contribution is 2.37. The van der Waals surface area contributed by atoms with Crippen LogP contribution in [0.25, 0.3) is 0 Å². The summed E-state index contributed by atoms with van der Waals surface area (Å²) in [6.45, 7) is 5.10. The first-order chi connectivity index (χ1) is 12.6. The first-order valence-electron chi connectivity index (χ1n) is 8.42. The number of hydrogen-bond donors (Lipinski definition) is 1. The number of halogens is 5. The van der Waals surface area contributed by atoms with E-state index < -0.39 is 12.2 Å². The molecule has 3 rings (SSSR count). The van der Waals surface area contributed by atoms with Crippen LogP contribution >= 0.6 is 23.2 Å². The lowest BCUT2D eigenvalue weighted by molar-refractivity contribution is -0.144. The Morgan fingerprint density at radius 2 is 1.74 bits per heavy atom. The Morgan fingerprint density at radius 1 is 1.07 bits per heavy atom. The van der Waals surface area contributed by atoms with E-state index in [0.29, 0.717) is 27.8 Å². The number of anilines is 1. The smallest absolute Gasteiger partial charge is 0.370 e. The van der Waals surface area contributed by atoms with Crippen LogP contribution in [0.1, 0.15) is 29.7 Å². The molecular weight excluding hydrogens is 396 g/mol. The molecule has 0 aromatic heterocycles. The Labute approximate surface area is 166 Å². The normalized spacial score (nSPS) is 15.2. The lowest BCUT2D eigenvalue weighted by Gasteiger charge is -2.30. The van der Waals surface area contributed by atoms with Crippen molar-refractivity contribution in [2.75, 3.05) is 11.9 Å². The maximum absolute atomic E-state index is 13.7. The molecule has 1 aliphatic rings. The van der Waals surface area contributed by atoms with E-state index in [9.17, 15) is 13.2 Å². The summed E-state index contributed by atoms with van der Waals surface area (Å²) in [7, 11) is 0. The molecule has 1 N–H and O–H groups in total. The fraction of sp³-hybridized carbons (Fsp3) is 0.300. The highest BCUT2D eigenvalue weighted by Gasteiger charge is 2.41. The summed E-state index contributed by atoms with van der Waals surface area (Å²) >= 11 is 12.2. The third-order valence-electron chi connectivity index (χ3n) is 4.43. The molecule has 0 bridgehead atoms. The standard InChI is InChI=1S/C20H19Cl2F3N2/c1-12-9-27(10-12)11-15-8-16(4-6-18(15)22)26-19(20(23,24)25)14-3-5-17(21)13(2)7-14/h3-9,19,26H,10-11H2,1-2H3/t19-/m0/s1. The van der Waals surface area contributed by atoms with Crippen LogP contribution in [-0.2, 0) is 6.54 Å². The zero-order chi connectivity index (χ0) is 19.8. The van der Waals surface area contributed by atoms with E-state index in [2.05, 4.69) is 10.2 Å². The van der Waals surface area contributed by atoms with Crippen molar-refractivity contribution in [3.05, 3.63) is 74.9 Å². The summed E-state index contributed by atoms with van der Waals surface area (Å²) in [6, 6.07) is 7.35. The van der Waals surface area contributed by atoms with E-state index >= 15 is 0 Å². The number of nitrogens with one attached hydrogen (secondary N) is 1. The average molecular weight is 415 g/mol. The first kappa shape index (κ1) is 19.9. The van der Waals surface area contributed by atoms with Crippen LogP contribution in [0.5, 0.6) is 0 Å². The number of benzene rings is 2. The van der Waals surface area contributed by atoms with Crippen LogP contribution in [-0.4, -0.2) is 17.6 Å². The van der Waals surface area contributed by atoms with Crippen molar-refractivity contribution >= 4 is 28.9 Å². The van der Waals surface area contributed by atoms with Crippen LogP contribution in [0.2, 0.25) is 10.0 Å². The van der Waals surface area contributed by atoms with E-state index in [1.165, 1.54) is 23.8 Å². The maximum Gasteiger partial charge on any atom is 0.412 e. The van der Waals surface area contributed by atoms with Crippen LogP contribution < -0.4 is 5.32 Å². The van der Waals surface area contributed by atoms with Gasteiger partial charge < -0.3 is 10.2 Å². The van der Waals surface area contributed by atoms with Gasteiger partial charge in [0.25, 0.3) is 0 Å². The fourth-order valence-electron chi connectivity index (χ4n) is 3.08. The molecule has 7 heteroatoms. The van der Waals surface area contributed by atoms with Crippen LogP contribution in [0.3, 0.4) is 0 Å². The van der Waals surface area contributed by atoms with Gasteiger partial charge in [0.15, 0.2) is 0 Å². The Hall–Kier alpha value is -1.85. The minimum Gasteiger partial charge on any atom is -0.370 e. The predicted molar refractivity (Wildman–Crippen MR) is 104 cm³/mol. The Kier molecular flexibility index (Phi) is 5.63. The molecule has 0 radical (unpaired) electrons. The van der Waals surface area contributed by atoms with Crippen molar-refractivity contribution < 1.29 is 13.2 Å². The molecule has 27 heavy (non-hydrogen) atoms. The number of nitrogens with zero attached hydrogens (tertiary/aromatic N) is 1. The molecule has 0 unspecified atom stereocenters. The monoisotopic (exact) mass is 414 g/mol. The predicted octanol–water partition coefficient (Wildman–Crippen LogP) is 6.74. The molecule has 1 atom stereocenters. The number of rotatable bonds is 5. The second-order valence-corrected chi connectivity index (χ2v) is 7.63. The summed E-state index contributed by atoms with van der Waals surface area (Å²) in [5.74, 6) is 0. The highest BCUT2D eigenvalue weighted by atomic mass is 35.5. The van der Waals surface area contributed by atoms with Gasteiger partial charge in [-0.1, -0.05) is 35.3 Å². The molecule has 0 fully saturated rings. The van der Waals surface area contributed by atoms with E-state index in [0.717, 1.165) is 12.1 Å². The average Bonchev–Trinajstić information content (AvgIpc) is 2.55. The molecule has 2 aromatic carbocycles. The number of alkyl halides is 3. The van der Waals surface area contributed by atoms with Gasteiger partial charge in [-0.3, -0.25) is 0 Å². The Morgan fingerprint density at radius 3 is 2.33 bits per heavy atom. The molecule has 1 aliphatic heterocycles. The SMILES string of the molecule is CC1=CN(Cc2cc(N[C@@H](c3ccc(Cl)c(C)c3)C(F)(F)F)ccc2Cl)C1. The Bertz CT molecular complexity index is 878. The third kappa shape index (κ3) is 4.71. The van der Waals surface area contributed by atoms with Gasteiger partial charge in [-0.25, -0.2) is 0 Å². The Balaban J connectivity index is 1.86. The molecule has 0 saturated heterocycles. The molecular formula is C20H19Cl2F3N2. The summed E-state index contributed by atoms with van der Waals surface area (Å²) in [5, 5.41) is 3.58. The largest absolute Gasteiger partial charge is 0.412 e. The van der Waals surface area contributed by atoms with Crippen LogP contribution in [0.4, 0.5) is 18.9 Å². The molecule has 2 aromatic rings. The van der Waals surface area contributed by atoms with Crippen LogP contribution in [0.15, 0.2) is 48.2 Å². The maximum atomic E-state index is 13.7. The fourth-order valence-corrected chi connectivity index (χ4v) is 3.38. The number of aryl methyl sites for hydroxylation is 1. The van der Waals surface area contributed by atoms with Crippen molar-refractivity contribution in [2.45, 2.75) is 32.6 Å². The second kappa shape index (κ2) is 7.64. The molecule has 0 amide bonds. The lowest BCUT2D eigenvalue weighted by Crippen LogP contribution is -2.29. The molecule has 0 spiro atoms. The first-order valence-corrected chi connectivity index (χ1v) is 9.18. The summed E-state index contributed by atoms with van der Waals surface area (Å²) < 4.78 is 41.0. The molecule has 0 aliphatic carbocycles. The topological polar surface area (TPSA) is 15.3 Å². The van der Waals surface area contributed by atoms with Crippen molar-refractivity contribution in [2.24, 2.45) is 0 Å². The van der Waals surface area contributed by atoms with Gasteiger partial charge in [0.05, 0.1) is 0 Å². The van der Waals surface area contributed by atoms with Crippen molar-refractivity contribution in [3.8, 4) is 0 Å². The molecule has 0 saturated carbocycles. The van der Waals surface area contributed by atoms with Crippen LogP contribution in [0, 0.1) is 6.92 Å². The van der Waals surface area contributed by atoms with Gasteiger partial charge in [-0.2, -0.15) is 13.2 Å².